The van der Waals surface area contributed by atoms with Crippen molar-refractivity contribution in [2.24, 2.45) is 0 Å². The van der Waals surface area contributed by atoms with Gasteiger partial charge in [-0.15, -0.1) is 0 Å². The van der Waals surface area contributed by atoms with Crippen molar-refractivity contribution in [2.45, 2.75) is 39.3 Å². The minimum Gasteiger partial charge on any atom is -0.486 e. The SMILES string of the molecule is CCc1ccccc1OC(C)C(=O)NC(C)c1ccc2c(c1)OCCO2. The summed E-state index contributed by atoms with van der Waals surface area (Å²) in [6, 6.07) is 13.4. The van der Waals surface area contributed by atoms with E-state index in [1.54, 1.807) is 6.92 Å². The van der Waals surface area contributed by atoms with E-state index < -0.39 is 6.10 Å². The molecule has 0 aromatic heterocycles. The van der Waals surface area contributed by atoms with Crippen LogP contribution in [0.25, 0.3) is 0 Å². The van der Waals surface area contributed by atoms with E-state index in [-0.39, 0.29) is 11.9 Å². The molecule has 1 N–H and O–H groups in total. The Bertz CT molecular complexity index is 774. The number of carbonyl (C=O) groups excluding carboxylic acids is 1. The molecule has 1 heterocycles. The molecule has 2 aromatic carbocycles. The largest absolute Gasteiger partial charge is 0.486 e. The van der Waals surface area contributed by atoms with Crippen molar-refractivity contribution in [2.75, 3.05) is 13.2 Å². The standard InChI is InChI=1S/C21H25NO4/c1-4-16-7-5-6-8-18(16)26-15(3)21(23)22-14(2)17-9-10-19-20(13-17)25-12-11-24-19/h5-10,13-15H,4,11-12H2,1-3H3,(H,22,23). The van der Waals surface area contributed by atoms with Crippen LogP contribution in [0.3, 0.4) is 0 Å². The van der Waals surface area contributed by atoms with E-state index in [4.69, 9.17) is 14.2 Å². The Morgan fingerprint density at radius 2 is 1.85 bits per heavy atom. The number of aryl methyl sites for hydroxylation is 1. The smallest absolute Gasteiger partial charge is 0.261 e. The van der Waals surface area contributed by atoms with E-state index in [2.05, 4.69) is 12.2 Å². The van der Waals surface area contributed by atoms with Crippen molar-refractivity contribution in [1.82, 2.24) is 5.32 Å². The van der Waals surface area contributed by atoms with Crippen molar-refractivity contribution in [1.29, 1.82) is 0 Å². The first kappa shape index (κ1) is 18.1. The zero-order chi connectivity index (χ0) is 18.5. The van der Waals surface area contributed by atoms with Gasteiger partial charge in [-0.2, -0.15) is 0 Å². The minimum absolute atomic E-state index is 0.154. The number of rotatable bonds is 6. The molecule has 1 amide bonds. The first-order valence-corrected chi connectivity index (χ1v) is 9.03. The van der Waals surface area contributed by atoms with Crippen LogP contribution in [0.2, 0.25) is 0 Å². The van der Waals surface area contributed by atoms with Gasteiger partial charge in [0.15, 0.2) is 17.6 Å². The minimum atomic E-state index is -0.581. The van der Waals surface area contributed by atoms with Crippen molar-refractivity contribution in [3.8, 4) is 17.2 Å². The van der Waals surface area contributed by atoms with Crippen LogP contribution in [0.1, 0.15) is 37.9 Å². The highest BCUT2D eigenvalue weighted by Gasteiger charge is 2.20. The maximum Gasteiger partial charge on any atom is 0.261 e. The molecule has 5 nitrogen and oxygen atoms in total. The number of hydrogen-bond acceptors (Lipinski definition) is 4. The molecule has 2 aromatic rings. The van der Waals surface area contributed by atoms with Gasteiger partial charge < -0.3 is 19.5 Å². The van der Waals surface area contributed by atoms with E-state index in [1.165, 1.54) is 0 Å². The van der Waals surface area contributed by atoms with Crippen LogP contribution in [0.5, 0.6) is 17.2 Å². The van der Waals surface area contributed by atoms with E-state index in [1.807, 2.05) is 49.4 Å². The number of amides is 1. The summed E-state index contributed by atoms with van der Waals surface area (Å²) < 4.78 is 17.0. The first-order chi connectivity index (χ1) is 12.6. The van der Waals surface area contributed by atoms with Gasteiger partial charge in [-0.05, 0) is 49.6 Å². The van der Waals surface area contributed by atoms with Gasteiger partial charge in [-0.25, -0.2) is 0 Å². The van der Waals surface area contributed by atoms with Crippen LogP contribution < -0.4 is 19.5 Å². The Hall–Kier alpha value is -2.69. The van der Waals surface area contributed by atoms with Gasteiger partial charge in [0.05, 0.1) is 6.04 Å². The fourth-order valence-electron chi connectivity index (χ4n) is 2.90. The number of fused-ring (bicyclic) bond motifs is 1. The molecule has 0 radical (unpaired) electrons. The third-order valence-electron chi connectivity index (χ3n) is 4.45. The van der Waals surface area contributed by atoms with Gasteiger partial charge in [0.2, 0.25) is 0 Å². The lowest BCUT2D eigenvalue weighted by Crippen LogP contribution is -2.38. The second kappa shape index (κ2) is 8.13. The number of ether oxygens (including phenoxy) is 3. The fourth-order valence-corrected chi connectivity index (χ4v) is 2.90. The van der Waals surface area contributed by atoms with Gasteiger partial charge in [-0.3, -0.25) is 4.79 Å². The molecule has 0 saturated carbocycles. The lowest BCUT2D eigenvalue weighted by molar-refractivity contribution is -0.127. The number of benzene rings is 2. The Balaban J connectivity index is 1.63. The molecule has 26 heavy (non-hydrogen) atoms. The average molecular weight is 355 g/mol. The average Bonchev–Trinajstić information content (AvgIpc) is 2.67. The fraction of sp³-hybridized carbons (Fsp3) is 0.381. The second-order valence-electron chi connectivity index (χ2n) is 6.35. The molecule has 1 aliphatic rings. The van der Waals surface area contributed by atoms with Crippen LogP contribution in [0, 0.1) is 0 Å². The molecule has 0 spiro atoms. The van der Waals surface area contributed by atoms with Crippen LogP contribution in [-0.4, -0.2) is 25.2 Å². The van der Waals surface area contributed by atoms with Crippen molar-refractivity contribution in [3.63, 3.8) is 0 Å². The molecule has 2 unspecified atom stereocenters. The predicted molar refractivity (Wildman–Crippen MR) is 99.9 cm³/mol. The van der Waals surface area contributed by atoms with Gasteiger partial charge >= 0.3 is 0 Å². The molecular formula is C21H25NO4. The summed E-state index contributed by atoms with van der Waals surface area (Å²) in [7, 11) is 0. The van der Waals surface area contributed by atoms with Crippen molar-refractivity contribution < 1.29 is 19.0 Å². The molecule has 0 fully saturated rings. The van der Waals surface area contributed by atoms with Gasteiger partial charge in [0.1, 0.15) is 19.0 Å². The first-order valence-electron chi connectivity index (χ1n) is 9.03. The lowest BCUT2D eigenvalue weighted by Gasteiger charge is -2.22. The third kappa shape index (κ3) is 4.10. The Labute approximate surface area is 154 Å². The summed E-state index contributed by atoms with van der Waals surface area (Å²) in [5, 5.41) is 3.00. The zero-order valence-corrected chi connectivity index (χ0v) is 15.5. The summed E-state index contributed by atoms with van der Waals surface area (Å²) in [6.45, 7) is 6.87. The quantitative estimate of drug-likeness (QED) is 0.859. The third-order valence-corrected chi connectivity index (χ3v) is 4.45. The van der Waals surface area contributed by atoms with Crippen molar-refractivity contribution in [3.05, 3.63) is 53.6 Å². The number of nitrogens with one attached hydrogen (secondary N) is 1. The van der Waals surface area contributed by atoms with E-state index in [9.17, 15) is 4.79 Å². The summed E-state index contributed by atoms with van der Waals surface area (Å²) in [5.41, 5.74) is 2.05. The molecule has 2 atom stereocenters. The molecule has 138 valence electrons. The van der Waals surface area contributed by atoms with Crippen LogP contribution in [-0.2, 0) is 11.2 Å². The van der Waals surface area contributed by atoms with Gasteiger partial charge in [0, 0.05) is 0 Å². The molecule has 0 saturated heterocycles. The summed E-state index contributed by atoms with van der Waals surface area (Å²) in [5.74, 6) is 2.06. The number of para-hydroxylation sites is 1. The number of carbonyl (C=O) groups is 1. The Kier molecular flexibility index (Phi) is 5.66. The molecule has 1 aliphatic heterocycles. The van der Waals surface area contributed by atoms with Crippen LogP contribution in [0.4, 0.5) is 0 Å². The van der Waals surface area contributed by atoms with Gasteiger partial charge in [0.25, 0.3) is 5.91 Å². The number of hydrogen-bond donors (Lipinski definition) is 1. The maximum absolute atomic E-state index is 12.5. The highest BCUT2D eigenvalue weighted by atomic mass is 16.6. The summed E-state index contributed by atoms with van der Waals surface area (Å²) in [4.78, 5) is 12.5. The molecule has 0 bridgehead atoms. The normalized spacial score (nSPS) is 15.0. The zero-order valence-electron chi connectivity index (χ0n) is 15.5. The monoisotopic (exact) mass is 355 g/mol. The van der Waals surface area contributed by atoms with Crippen LogP contribution >= 0.6 is 0 Å². The molecular weight excluding hydrogens is 330 g/mol. The maximum atomic E-state index is 12.5. The second-order valence-corrected chi connectivity index (χ2v) is 6.35. The van der Waals surface area contributed by atoms with E-state index >= 15 is 0 Å². The Morgan fingerprint density at radius 1 is 1.12 bits per heavy atom. The topological polar surface area (TPSA) is 56.8 Å². The van der Waals surface area contributed by atoms with E-state index in [0.29, 0.717) is 13.2 Å². The van der Waals surface area contributed by atoms with Gasteiger partial charge in [-0.1, -0.05) is 31.2 Å². The van der Waals surface area contributed by atoms with E-state index in [0.717, 1.165) is 34.8 Å². The Morgan fingerprint density at radius 3 is 2.62 bits per heavy atom. The molecule has 0 aliphatic carbocycles. The molecule has 5 heteroatoms. The predicted octanol–water partition coefficient (Wildman–Crippen LogP) is 3.66. The summed E-state index contributed by atoms with van der Waals surface area (Å²) in [6.07, 6.45) is 0.278. The summed E-state index contributed by atoms with van der Waals surface area (Å²) >= 11 is 0. The highest BCUT2D eigenvalue weighted by Crippen LogP contribution is 2.32. The van der Waals surface area contributed by atoms with Crippen LogP contribution in [0.15, 0.2) is 42.5 Å². The molecule has 3 rings (SSSR count). The lowest BCUT2D eigenvalue weighted by atomic mass is 10.1. The highest BCUT2D eigenvalue weighted by molar-refractivity contribution is 5.81. The van der Waals surface area contributed by atoms with Crippen molar-refractivity contribution >= 4 is 5.91 Å².